The SMILES string of the molecule is CC1=CC[C]([Zr+2]([C]2=C(C)C(C)=CC2)=[C](C)C)=C1C.[Cl-].[Cl-]. The summed E-state index contributed by atoms with van der Waals surface area (Å²) in [4.78, 5) is 0. The van der Waals surface area contributed by atoms with Gasteiger partial charge < -0.3 is 24.8 Å². The molecule has 0 aromatic carbocycles. The van der Waals surface area contributed by atoms with Crippen molar-refractivity contribution in [3.05, 3.63) is 41.0 Å². The van der Waals surface area contributed by atoms with Crippen LogP contribution in [0.3, 0.4) is 0 Å². The minimum Gasteiger partial charge on any atom is -1.00 e. The molecule has 0 fully saturated rings. The Bertz CT molecular complexity index is 510. The zero-order valence-corrected chi connectivity index (χ0v) is 17.3. The smallest absolute Gasteiger partial charge is 1.00 e. The zero-order chi connectivity index (χ0) is 13.4. The second-order valence-electron chi connectivity index (χ2n) is 5.76. The van der Waals surface area contributed by atoms with Crippen molar-refractivity contribution in [3.8, 4) is 0 Å². The van der Waals surface area contributed by atoms with E-state index in [1.807, 2.05) is 6.56 Å². The molecule has 20 heavy (non-hydrogen) atoms. The van der Waals surface area contributed by atoms with Crippen LogP contribution in [0.15, 0.2) is 41.0 Å². The molecule has 0 aromatic heterocycles. The average molecular weight is 391 g/mol. The van der Waals surface area contributed by atoms with E-state index in [0.29, 0.717) is 0 Å². The van der Waals surface area contributed by atoms with E-state index >= 15 is 0 Å². The van der Waals surface area contributed by atoms with Crippen LogP contribution < -0.4 is 24.8 Å². The predicted octanol–water partition coefficient (Wildman–Crippen LogP) is -0.927. The van der Waals surface area contributed by atoms with Crippen LogP contribution in [-0.2, 0) is 21.3 Å². The van der Waals surface area contributed by atoms with Crippen LogP contribution >= 0.6 is 0 Å². The summed E-state index contributed by atoms with van der Waals surface area (Å²) in [6.45, 7) is 14.0. The summed E-state index contributed by atoms with van der Waals surface area (Å²) in [5, 5.41) is 0. The van der Waals surface area contributed by atoms with E-state index < -0.39 is 21.3 Å². The minimum atomic E-state index is -1.70. The summed E-state index contributed by atoms with van der Waals surface area (Å²) < 4.78 is 5.38. The monoisotopic (exact) mass is 388 g/mol. The van der Waals surface area contributed by atoms with Crippen molar-refractivity contribution in [3.63, 3.8) is 0 Å². The molecule has 0 aromatic rings. The van der Waals surface area contributed by atoms with Gasteiger partial charge in [-0.3, -0.25) is 0 Å². The van der Waals surface area contributed by atoms with E-state index in [-0.39, 0.29) is 24.8 Å². The second kappa shape index (κ2) is 8.07. The molecule has 110 valence electrons. The van der Waals surface area contributed by atoms with Gasteiger partial charge in [0.15, 0.2) is 0 Å². The van der Waals surface area contributed by atoms with Crippen LogP contribution in [0.2, 0.25) is 0 Å². The molecule has 0 spiro atoms. The zero-order valence-electron chi connectivity index (χ0n) is 13.3. The normalized spacial score (nSPS) is 17.1. The van der Waals surface area contributed by atoms with Gasteiger partial charge in [0, 0.05) is 0 Å². The van der Waals surface area contributed by atoms with Gasteiger partial charge in [-0.15, -0.1) is 0 Å². The molecule has 3 heteroatoms. The minimum absolute atomic E-state index is 0. The molecule has 0 unspecified atom stereocenters. The van der Waals surface area contributed by atoms with E-state index in [1.165, 1.54) is 24.0 Å². The summed E-state index contributed by atoms with van der Waals surface area (Å²) in [6, 6.07) is 0. The molecule has 0 atom stereocenters. The van der Waals surface area contributed by atoms with Gasteiger partial charge in [-0.1, -0.05) is 0 Å². The number of allylic oxidation sites excluding steroid dienone is 8. The number of halogens is 2. The molecular formula is C17H24Cl2Zr. The third-order valence-electron chi connectivity index (χ3n) is 4.42. The molecule has 2 aliphatic rings. The Balaban J connectivity index is 0.00000180. The molecule has 0 N–H and O–H groups in total. The van der Waals surface area contributed by atoms with Gasteiger partial charge in [0.25, 0.3) is 0 Å². The first-order valence-electron chi connectivity index (χ1n) is 6.85. The number of hydrogen-bond acceptors (Lipinski definition) is 0. The van der Waals surface area contributed by atoms with Crippen molar-refractivity contribution in [2.75, 3.05) is 0 Å². The third-order valence-corrected chi connectivity index (χ3v) is 12.7. The largest absolute Gasteiger partial charge is 1.00 e. The van der Waals surface area contributed by atoms with Crippen LogP contribution in [0, 0.1) is 0 Å². The molecular weight excluding hydrogens is 366 g/mol. The fraction of sp³-hybridized carbons (Fsp3) is 0.471. The van der Waals surface area contributed by atoms with Crippen LogP contribution in [0.5, 0.6) is 0 Å². The molecule has 0 bridgehead atoms. The molecule has 0 saturated carbocycles. The molecule has 0 amide bonds. The van der Waals surface area contributed by atoms with E-state index in [2.05, 4.69) is 53.7 Å². The van der Waals surface area contributed by atoms with Crippen molar-refractivity contribution in [2.24, 2.45) is 0 Å². The number of hydrogen-bond donors (Lipinski definition) is 0. The Kier molecular flexibility index (Phi) is 8.18. The maximum absolute atomic E-state index is 2.43. The Labute approximate surface area is 144 Å². The van der Waals surface area contributed by atoms with Crippen LogP contribution in [-0.4, -0.2) is 3.21 Å². The van der Waals surface area contributed by atoms with Crippen LogP contribution in [0.1, 0.15) is 54.4 Å². The van der Waals surface area contributed by atoms with Gasteiger partial charge in [0.1, 0.15) is 0 Å². The van der Waals surface area contributed by atoms with Crippen molar-refractivity contribution in [1.29, 1.82) is 0 Å². The molecule has 2 aliphatic carbocycles. The summed E-state index contributed by atoms with van der Waals surface area (Å²) in [5.41, 5.74) is 6.25. The summed E-state index contributed by atoms with van der Waals surface area (Å²) in [5.74, 6) is 0. The fourth-order valence-corrected chi connectivity index (χ4v) is 11.1. The first-order chi connectivity index (χ1) is 8.43. The molecule has 0 nitrogen and oxygen atoms in total. The Morgan fingerprint density at radius 2 is 1.15 bits per heavy atom. The first kappa shape index (κ1) is 20.3. The van der Waals surface area contributed by atoms with Gasteiger partial charge >= 0.3 is 120 Å². The first-order valence-corrected chi connectivity index (χ1v) is 10.5. The van der Waals surface area contributed by atoms with Crippen molar-refractivity contribution in [1.82, 2.24) is 0 Å². The Morgan fingerprint density at radius 1 is 0.800 bits per heavy atom. The van der Waals surface area contributed by atoms with Gasteiger partial charge in [0.05, 0.1) is 0 Å². The van der Waals surface area contributed by atoms with Crippen molar-refractivity contribution in [2.45, 2.75) is 54.4 Å². The van der Waals surface area contributed by atoms with Crippen LogP contribution in [0.25, 0.3) is 0 Å². The van der Waals surface area contributed by atoms with E-state index in [9.17, 15) is 0 Å². The topological polar surface area (TPSA) is 0 Å². The van der Waals surface area contributed by atoms with Gasteiger partial charge in [-0.25, -0.2) is 0 Å². The summed E-state index contributed by atoms with van der Waals surface area (Å²) in [7, 11) is 0. The molecule has 0 heterocycles. The van der Waals surface area contributed by atoms with E-state index in [1.54, 1.807) is 14.4 Å². The number of rotatable bonds is 2. The Morgan fingerprint density at radius 3 is 1.35 bits per heavy atom. The van der Waals surface area contributed by atoms with Gasteiger partial charge in [-0.05, 0) is 0 Å². The average Bonchev–Trinajstić information content (AvgIpc) is 2.79. The van der Waals surface area contributed by atoms with Crippen molar-refractivity contribution < 1.29 is 46.1 Å². The van der Waals surface area contributed by atoms with Gasteiger partial charge in [-0.2, -0.15) is 0 Å². The molecule has 0 saturated heterocycles. The Hall–Kier alpha value is 0.293. The summed E-state index contributed by atoms with van der Waals surface area (Å²) >= 11 is -1.70. The van der Waals surface area contributed by atoms with Crippen molar-refractivity contribution >= 4 is 3.21 Å². The molecule has 2 rings (SSSR count). The van der Waals surface area contributed by atoms with E-state index in [0.717, 1.165) is 0 Å². The summed E-state index contributed by atoms with van der Waals surface area (Å²) in [6.07, 6.45) is 7.32. The second-order valence-corrected chi connectivity index (χ2v) is 13.0. The molecule has 0 radical (unpaired) electrons. The maximum atomic E-state index is 2.43. The maximum Gasteiger partial charge on any atom is -1.00 e. The predicted molar refractivity (Wildman–Crippen MR) is 78.5 cm³/mol. The third kappa shape index (κ3) is 3.73. The molecule has 0 aliphatic heterocycles. The standard InChI is InChI=1S/2C7H9.C3H6.2ClH.Zr/c2*1-6-4-3-5-7(6)2;1-3-2;;;/h2*4H,3H2,1-2H3;1-2H3;2*1H;/q;;;;;+2/p-2. The van der Waals surface area contributed by atoms with Crippen LogP contribution in [0.4, 0.5) is 0 Å². The van der Waals surface area contributed by atoms with Gasteiger partial charge in [0.2, 0.25) is 0 Å². The fourth-order valence-electron chi connectivity index (χ4n) is 2.96. The van der Waals surface area contributed by atoms with E-state index in [4.69, 9.17) is 0 Å². The quantitative estimate of drug-likeness (QED) is 0.572.